The molecule has 1 aromatic carbocycles. The Morgan fingerprint density at radius 3 is 2.54 bits per heavy atom. The number of ether oxygens (including phenoxy) is 1. The minimum absolute atomic E-state index is 0.0183. The van der Waals surface area contributed by atoms with Crippen molar-refractivity contribution in [2.45, 2.75) is 20.8 Å². The van der Waals surface area contributed by atoms with Gasteiger partial charge in [0.05, 0.1) is 9.20 Å². The normalized spacial score (nSPS) is 13.1. The lowest BCUT2D eigenvalue weighted by Gasteiger charge is -2.12. The van der Waals surface area contributed by atoms with E-state index >= 15 is 0 Å². The summed E-state index contributed by atoms with van der Waals surface area (Å²) in [6, 6.07) is 7.43. The van der Waals surface area contributed by atoms with Crippen LogP contribution in [0.25, 0.3) is 12.2 Å². The van der Waals surface area contributed by atoms with Crippen LogP contribution in [0, 0.1) is 5.41 Å². The highest BCUT2D eigenvalue weighted by Gasteiger charge is 2.18. The molecule has 0 spiro atoms. The highest BCUT2D eigenvalue weighted by atomic mass is 32.1. The number of thiazole rings is 1. The Kier molecular flexibility index (Phi) is 5.57. The van der Waals surface area contributed by atoms with E-state index in [1.54, 1.807) is 12.2 Å². The fourth-order valence-electron chi connectivity index (χ4n) is 1.83. The number of hydrogen-bond donors (Lipinski definition) is 1. The lowest BCUT2D eigenvalue weighted by Crippen LogP contribution is -2.22. The Labute approximate surface area is 144 Å². The summed E-state index contributed by atoms with van der Waals surface area (Å²) in [5, 5.41) is 0. The van der Waals surface area contributed by atoms with Gasteiger partial charge in [0.1, 0.15) is 12.4 Å². The van der Waals surface area contributed by atoms with Crippen LogP contribution in [-0.2, 0) is 4.79 Å². The minimum Gasteiger partial charge on any atom is -0.490 e. The topological polar surface area (TPSA) is 59.2 Å². The van der Waals surface area contributed by atoms with Gasteiger partial charge < -0.3 is 9.72 Å². The fraction of sp³-hybridized carbons (Fsp3) is 0.263. The quantitative estimate of drug-likeness (QED) is 0.847. The average Bonchev–Trinajstić information content (AvgIpc) is 2.85. The molecule has 0 saturated heterocycles. The lowest BCUT2D eigenvalue weighted by molar-refractivity contribution is -0.119. The van der Waals surface area contributed by atoms with Gasteiger partial charge in [0.2, 0.25) is 0 Å². The van der Waals surface area contributed by atoms with Crippen LogP contribution in [0.2, 0.25) is 0 Å². The molecule has 5 heteroatoms. The van der Waals surface area contributed by atoms with Gasteiger partial charge in [-0.15, -0.1) is 11.3 Å². The van der Waals surface area contributed by atoms with Crippen molar-refractivity contribution in [3.05, 3.63) is 62.0 Å². The Balaban J connectivity index is 2.31. The predicted molar refractivity (Wildman–Crippen MR) is 98.8 cm³/mol. The van der Waals surface area contributed by atoms with Crippen LogP contribution < -0.4 is 19.5 Å². The van der Waals surface area contributed by atoms with Crippen molar-refractivity contribution in [1.82, 2.24) is 4.98 Å². The average molecular weight is 343 g/mol. The first-order chi connectivity index (χ1) is 11.3. The number of aromatic amines is 1. The van der Waals surface area contributed by atoms with Gasteiger partial charge in [-0.05, 0) is 23.8 Å². The molecule has 0 fully saturated rings. The van der Waals surface area contributed by atoms with Crippen molar-refractivity contribution in [1.29, 1.82) is 0 Å². The molecule has 0 bridgehead atoms. The maximum Gasteiger partial charge on any atom is 0.266 e. The molecule has 0 amide bonds. The molecule has 1 heterocycles. The molecular weight excluding hydrogens is 322 g/mol. The second-order valence-electron chi connectivity index (χ2n) is 6.36. The van der Waals surface area contributed by atoms with Crippen molar-refractivity contribution in [3.8, 4) is 5.75 Å². The zero-order chi connectivity index (χ0) is 17.7. The van der Waals surface area contributed by atoms with Gasteiger partial charge in [-0.1, -0.05) is 45.6 Å². The first-order valence-electron chi connectivity index (χ1n) is 7.60. The largest absolute Gasteiger partial charge is 0.490 e. The van der Waals surface area contributed by atoms with E-state index in [2.05, 4.69) is 11.6 Å². The number of aromatic nitrogens is 1. The molecule has 4 nitrogen and oxygen atoms in total. The van der Waals surface area contributed by atoms with Crippen molar-refractivity contribution in [2.24, 2.45) is 5.41 Å². The number of ketones is 1. The number of H-pyrrole nitrogens is 1. The second kappa shape index (κ2) is 7.45. The van der Waals surface area contributed by atoms with Gasteiger partial charge >= 0.3 is 0 Å². The molecule has 0 aliphatic carbocycles. The van der Waals surface area contributed by atoms with Crippen molar-refractivity contribution in [3.63, 3.8) is 0 Å². The van der Waals surface area contributed by atoms with Crippen LogP contribution in [0.1, 0.15) is 26.3 Å². The fourth-order valence-corrected chi connectivity index (χ4v) is 2.71. The third-order valence-corrected chi connectivity index (χ3v) is 4.19. The number of Topliss-reactive ketones (excluding diaryl/α,β-unsaturated/α-hetero) is 1. The monoisotopic (exact) mass is 343 g/mol. The Morgan fingerprint density at radius 2 is 1.96 bits per heavy atom. The summed E-state index contributed by atoms with van der Waals surface area (Å²) in [4.78, 5) is 26.8. The van der Waals surface area contributed by atoms with E-state index in [9.17, 15) is 9.59 Å². The molecule has 0 radical (unpaired) electrons. The smallest absolute Gasteiger partial charge is 0.266 e. The molecule has 1 N–H and O–H groups in total. The van der Waals surface area contributed by atoms with Crippen molar-refractivity contribution in [2.75, 3.05) is 6.61 Å². The third-order valence-electron chi connectivity index (χ3n) is 3.23. The van der Waals surface area contributed by atoms with Gasteiger partial charge in [0.15, 0.2) is 5.78 Å². The van der Waals surface area contributed by atoms with Crippen LogP contribution in [0.3, 0.4) is 0 Å². The maximum absolute atomic E-state index is 12.0. The molecule has 2 aromatic rings. The zero-order valence-electron chi connectivity index (χ0n) is 14.1. The molecule has 0 aliphatic rings. The van der Waals surface area contributed by atoms with E-state index < -0.39 is 5.41 Å². The first-order valence-corrected chi connectivity index (χ1v) is 8.42. The molecule has 126 valence electrons. The number of carbonyl (C=O) groups excluding carboxylic acids is 1. The molecule has 1 aromatic heterocycles. The third kappa shape index (κ3) is 4.80. The number of rotatable bonds is 5. The van der Waals surface area contributed by atoms with Crippen LogP contribution in [0.15, 0.2) is 41.7 Å². The summed E-state index contributed by atoms with van der Waals surface area (Å²) in [6.45, 7) is 9.60. The summed E-state index contributed by atoms with van der Waals surface area (Å²) < 4.78 is 6.55. The van der Waals surface area contributed by atoms with Crippen LogP contribution >= 0.6 is 11.3 Å². The van der Waals surface area contributed by atoms with E-state index in [4.69, 9.17) is 4.74 Å². The summed E-state index contributed by atoms with van der Waals surface area (Å²) in [7, 11) is 0. The SMILES string of the molecule is C=CCOc1ccc(C=c2sc(=CC(=O)C(C)(C)C)[nH]c2=O)cc1. The van der Waals surface area contributed by atoms with E-state index in [1.165, 1.54) is 17.4 Å². The number of hydrogen-bond acceptors (Lipinski definition) is 4. The van der Waals surface area contributed by atoms with Gasteiger partial charge in [0.25, 0.3) is 5.56 Å². The van der Waals surface area contributed by atoms with Gasteiger partial charge in [-0.3, -0.25) is 9.59 Å². The number of nitrogens with one attached hydrogen (secondary N) is 1. The molecule has 0 aliphatic heterocycles. The minimum atomic E-state index is -0.466. The van der Waals surface area contributed by atoms with Gasteiger partial charge in [-0.2, -0.15) is 0 Å². The van der Waals surface area contributed by atoms with E-state index in [1.807, 2.05) is 45.0 Å². The summed E-state index contributed by atoms with van der Waals surface area (Å²) in [5.41, 5.74) is 0.230. The second-order valence-corrected chi connectivity index (χ2v) is 7.44. The van der Waals surface area contributed by atoms with E-state index in [-0.39, 0.29) is 11.3 Å². The summed E-state index contributed by atoms with van der Waals surface area (Å²) in [6.07, 6.45) is 4.97. The maximum atomic E-state index is 12.0. The molecule has 2 rings (SSSR count). The number of carbonyl (C=O) groups is 1. The van der Waals surface area contributed by atoms with Gasteiger partial charge in [-0.25, -0.2) is 0 Å². The summed E-state index contributed by atoms with van der Waals surface area (Å²) >= 11 is 1.27. The van der Waals surface area contributed by atoms with Crippen LogP contribution in [0.5, 0.6) is 5.75 Å². The predicted octanol–water partition coefficient (Wildman–Crippen LogP) is 2.23. The van der Waals surface area contributed by atoms with Crippen LogP contribution in [0.4, 0.5) is 0 Å². The van der Waals surface area contributed by atoms with E-state index in [0.717, 1.165) is 11.3 Å². The highest BCUT2D eigenvalue weighted by Crippen LogP contribution is 2.15. The number of benzene rings is 1. The van der Waals surface area contributed by atoms with Crippen molar-refractivity contribution >= 4 is 29.3 Å². The van der Waals surface area contributed by atoms with Crippen molar-refractivity contribution < 1.29 is 9.53 Å². The summed E-state index contributed by atoms with van der Waals surface area (Å²) in [5.74, 6) is 0.729. The molecule has 0 saturated carbocycles. The van der Waals surface area contributed by atoms with Gasteiger partial charge in [0, 0.05) is 11.5 Å². The Hall–Kier alpha value is -2.40. The molecular formula is C19H21NO3S. The zero-order valence-corrected chi connectivity index (χ0v) is 14.9. The molecule has 0 unspecified atom stereocenters. The Bertz CT molecular complexity index is 896. The first kappa shape index (κ1) is 17.9. The highest BCUT2D eigenvalue weighted by molar-refractivity contribution is 7.07. The van der Waals surface area contributed by atoms with E-state index in [0.29, 0.717) is 15.8 Å². The Morgan fingerprint density at radius 1 is 1.29 bits per heavy atom. The standard InChI is InChI=1S/C19H21NO3S/c1-5-10-23-14-8-6-13(7-9-14)11-15-18(22)20-17(24-15)12-16(21)19(2,3)4/h5-9,11-12H,1,10H2,2-4H3,(H,20,22). The van der Waals surface area contributed by atoms with Crippen LogP contribution in [-0.4, -0.2) is 17.4 Å². The molecule has 24 heavy (non-hydrogen) atoms. The lowest BCUT2D eigenvalue weighted by atomic mass is 9.91. The molecule has 0 atom stereocenters.